The van der Waals surface area contributed by atoms with Gasteiger partial charge < -0.3 is 10.6 Å². The van der Waals surface area contributed by atoms with Crippen LogP contribution in [0.15, 0.2) is 18.7 Å². The monoisotopic (exact) mass is 220 g/mol. The van der Waals surface area contributed by atoms with Gasteiger partial charge in [-0.3, -0.25) is 9.20 Å². The number of nitrogens with zero attached hydrogens (tertiary/aromatic N) is 4. The number of fused-ring (bicyclic) bond motifs is 1. The SMILES string of the molecule is CNC(=O)C(C)Nc1nccn2cnnc12. The lowest BCUT2D eigenvalue weighted by atomic mass is 10.3. The molecule has 1 unspecified atom stereocenters. The molecule has 2 aromatic rings. The molecule has 0 radical (unpaired) electrons. The average Bonchev–Trinajstić information content (AvgIpc) is 2.77. The van der Waals surface area contributed by atoms with E-state index in [4.69, 9.17) is 0 Å². The van der Waals surface area contributed by atoms with Gasteiger partial charge in [0, 0.05) is 19.4 Å². The first-order valence-corrected chi connectivity index (χ1v) is 4.85. The number of aromatic nitrogens is 4. The molecule has 2 heterocycles. The quantitative estimate of drug-likeness (QED) is 0.740. The molecule has 16 heavy (non-hydrogen) atoms. The van der Waals surface area contributed by atoms with Crippen LogP contribution in [-0.2, 0) is 4.79 Å². The highest BCUT2D eigenvalue weighted by Gasteiger charge is 2.13. The molecular formula is C9H12N6O. The van der Waals surface area contributed by atoms with Crippen LogP contribution in [0, 0.1) is 0 Å². The Morgan fingerprint density at radius 1 is 1.56 bits per heavy atom. The van der Waals surface area contributed by atoms with E-state index in [2.05, 4.69) is 25.8 Å². The van der Waals surface area contributed by atoms with Crippen LogP contribution < -0.4 is 10.6 Å². The van der Waals surface area contributed by atoms with E-state index in [1.54, 1.807) is 37.1 Å². The van der Waals surface area contributed by atoms with Gasteiger partial charge in [-0.15, -0.1) is 10.2 Å². The summed E-state index contributed by atoms with van der Waals surface area (Å²) in [6.07, 6.45) is 4.94. The van der Waals surface area contributed by atoms with E-state index in [1.165, 1.54) is 0 Å². The maximum absolute atomic E-state index is 11.3. The fourth-order valence-corrected chi connectivity index (χ4v) is 1.35. The molecular weight excluding hydrogens is 208 g/mol. The largest absolute Gasteiger partial charge is 0.357 e. The average molecular weight is 220 g/mol. The summed E-state index contributed by atoms with van der Waals surface area (Å²) in [7, 11) is 1.59. The van der Waals surface area contributed by atoms with Gasteiger partial charge in [-0.2, -0.15) is 0 Å². The fraction of sp³-hybridized carbons (Fsp3) is 0.333. The topological polar surface area (TPSA) is 84.2 Å². The first-order chi connectivity index (χ1) is 7.72. The number of carbonyl (C=O) groups is 1. The molecule has 0 bridgehead atoms. The number of rotatable bonds is 3. The van der Waals surface area contributed by atoms with Crippen LogP contribution in [0.1, 0.15) is 6.92 Å². The highest BCUT2D eigenvalue weighted by molar-refractivity contribution is 5.84. The number of carbonyl (C=O) groups excluding carboxylic acids is 1. The van der Waals surface area contributed by atoms with Crippen LogP contribution in [0.4, 0.5) is 5.82 Å². The van der Waals surface area contributed by atoms with Crippen molar-refractivity contribution in [2.24, 2.45) is 0 Å². The second-order valence-corrected chi connectivity index (χ2v) is 3.32. The van der Waals surface area contributed by atoms with Crippen molar-refractivity contribution in [2.45, 2.75) is 13.0 Å². The molecule has 7 nitrogen and oxygen atoms in total. The van der Waals surface area contributed by atoms with Gasteiger partial charge in [0.1, 0.15) is 12.4 Å². The Kier molecular flexibility index (Phi) is 2.67. The summed E-state index contributed by atoms with van der Waals surface area (Å²) in [5.41, 5.74) is 0.596. The molecule has 2 aromatic heterocycles. The highest BCUT2D eigenvalue weighted by atomic mass is 16.2. The van der Waals surface area contributed by atoms with Gasteiger partial charge in [0.2, 0.25) is 11.6 Å². The number of amides is 1. The molecule has 0 aromatic carbocycles. The predicted molar refractivity (Wildman–Crippen MR) is 57.9 cm³/mol. The van der Waals surface area contributed by atoms with Gasteiger partial charge in [-0.25, -0.2) is 4.98 Å². The van der Waals surface area contributed by atoms with Crippen molar-refractivity contribution in [1.82, 2.24) is 24.9 Å². The van der Waals surface area contributed by atoms with E-state index in [0.29, 0.717) is 11.5 Å². The Morgan fingerprint density at radius 2 is 2.38 bits per heavy atom. The molecule has 0 saturated carbocycles. The first-order valence-electron chi connectivity index (χ1n) is 4.85. The van der Waals surface area contributed by atoms with Crippen molar-refractivity contribution in [3.05, 3.63) is 18.7 Å². The van der Waals surface area contributed by atoms with Gasteiger partial charge in [0.05, 0.1) is 0 Å². The van der Waals surface area contributed by atoms with Crippen molar-refractivity contribution in [3.8, 4) is 0 Å². The first kappa shape index (κ1) is 10.3. The van der Waals surface area contributed by atoms with Crippen molar-refractivity contribution >= 4 is 17.4 Å². The van der Waals surface area contributed by atoms with Crippen LogP contribution in [0.2, 0.25) is 0 Å². The molecule has 7 heteroatoms. The van der Waals surface area contributed by atoms with Crippen LogP contribution in [0.5, 0.6) is 0 Å². The summed E-state index contributed by atoms with van der Waals surface area (Å²) in [6, 6.07) is -0.375. The second-order valence-electron chi connectivity index (χ2n) is 3.32. The molecule has 0 spiro atoms. The molecule has 0 aliphatic heterocycles. The third kappa shape index (κ3) is 1.79. The van der Waals surface area contributed by atoms with Crippen LogP contribution in [-0.4, -0.2) is 38.6 Å². The molecule has 0 aliphatic rings. The number of hydrogen-bond acceptors (Lipinski definition) is 5. The zero-order valence-corrected chi connectivity index (χ0v) is 9.01. The Morgan fingerprint density at radius 3 is 3.12 bits per heavy atom. The van der Waals surface area contributed by atoms with E-state index >= 15 is 0 Å². The van der Waals surface area contributed by atoms with Gasteiger partial charge in [0.15, 0.2) is 5.82 Å². The van der Waals surface area contributed by atoms with E-state index in [0.717, 1.165) is 0 Å². The number of anilines is 1. The van der Waals surface area contributed by atoms with Crippen molar-refractivity contribution < 1.29 is 4.79 Å². The maximum atomic E-state index is 11.3. The Hall–Kier alpha value is -2.18. The van der Waals surface area contributed by atoms with Crippen molar-refractivity contribution in [3.63, 3.8) is 0 Å². The van der Waals surface area contributed by atoms with Gasteiger partial charge in [-0.05, 0) is 6.92 Å². The Labute approximate surface area is 91.9 Å². The molecule has 0 aliphatic carbocycles. The summed E-state index contributed by atoms with van der Waals surface area (Å²) in [4.78, 5) is 15.5. The molecule has 1 atom stereocenters. The van der Waals surface area contributed by atoms with Crippen molar-refractivity contribution in [1.29, 1.82) is 0 Å². The molecule has 2 N–H and O–H groups in total. The highest BCUT2D eigenvalue weighted by Crippen LogP contribution is 2.10. The third-order valence-electron chi connectivity index (χ3n) is 2.21. The normalized spacial score (nSPS) is 12.4. The summed E-state index contributed by atoms with van der Waals surface area (Å²) in [5.74, 6) is 0.430. The molecule has 84 valence electrons. The predicted octanol–water partition coefficient (Wildman–Crippen LogP) is -0.329. The van der Waals surface area contributed by atoms with E-state index in [-0.39, 0.29) is 11.9 Å². The number of hydrogen-bond donors (Lipinski definition) is 2. The number of likely N-dealkylation sites (N-methyl/N-ethyl adjacent to an activating group) is 1. The van der Waals surface area contributed by atoms with Gasteiger partial charge >= 0.3 is 0 Å². The Balaban J connectivity index is 2.27. The minimum atomic E-state index is -0.375. The van der Waals surface area contributed by atoms with Crippen molar-refractivity contribution in [2.75, 3.05) is 12.4 Å². The third-order valence-corrected chi connectivity index (χ3v) is 2.21. The lowest BCUT2D eigenvalue weighted by molar-refractivity contribution is -0.121. The zero-order valence-electron chi connectivity index (χ0n) is 9.01. The summed E-state index contributed by atoms with van der Waals surface area (Å²) >= 11 is 0. The Bertz CT molecular complexity index is 507. The van der Waals surface area contributed by atoms with E-state index < -0.39 is 0 Å². The lowest BCUT2D eigenvalue weighted by Crippen LogP contribution is -2.35. The molecule has 1 amide bonds. The summed E-state index contributed by atoms with van der Waals surface area (Å²) < 4.78 is 1.73. The van der Waals surface area contributed by atoms with Crippen LogP contribution in [0.3, 0.4) is 0 Å². The molecule has 2 rings (SSSR count). The minimum Gasteiger partial charge on any atom is -0.357 e. The van der Waals surface area contributed by atoms with E-state index in [1.807, 2.05) is 0 Å². The smallest absolute Gasteiger partial charge is 0.241 e. The fourth-order valence-electron chi connectivity index (χ4n) is 1.35. The van der Waals surface area contributed by atoms with Gasteiger partial charge in [-0.1, -0.05) is 0 Å². The number of nitrogens with one attached hydrogen (secondary N) is 2. The van der Waals surface area contributed by atoms with Gasteiger partial charge in [0.25, 0.3) is 0 Å². The van der Waals surface area contributed by atoms with Crippen LogP contribution >= 0.6 is 0 Å². The maximum Gasteiger partial charge on any atom is 0.241 e. The standard InChI is InChI=1S/C9H12N6O/c1-6(9(16)10-2)13-7-8-14-12-5-15(8)4-3-11-7/h3-6H,1-2H3,(H,10,16)(H,11,13). The van der Waals surface area contributed by atoms with E-state index in [9.17, 15) is 4.79 Å². The minimum absolute atomic E-state index is 0.108. The zero-order chi connectivity index (χ0) is 11.5. The second kappa shape index (κ2) is 4.13. The lowest BCUT2D eigenvalue weighted by Gasteiger charge is -2.12. The molecule has 0 saturated heterocycles. The molecule has 0 fully saturated rings. The van der Waals surface area contributed by atoms with Crippen LogP contribution in [0.25, 0.3) is 5.65 Å². The summed E-state index contributed by atoms with van der Waals surface area (Å²) in [6.45, 7) is 1.75. The summed E-state index contributed by atoms with van der Waals surface area (Å²) in [5, 5.41) is 13.2.